The Morgan fingerprint density at radius 1 is 1.08 bits per heavy atom. The van der Waals surface area contributed by atoms with Crippen LogP contribution in [0.4, 0.5) is 0 Å². The number of benzene rings is 2. The Hall–Kier alpha value is -1.49. The SMILES string of the molecule is CC(C)C(SCc1ccccc1)C(=O)NCc1ccc2c(c1)CNC2.Cl. The summed E-state index contributed by atoms with van der Waals surface area (Å²) in [4.78, 5) is 12.7. The molecular formula is C21H27ClN2OS. The molecule has 0 bridgehead atoms. The molecule has 1 aliphatic rings. The van der Waals surface area contributed by atoms with Gasteiger partial charge in [0.2, 0.25) is 5.91 Å². The molecule has 26 heavy (non-hydrogen) atoms. The van der Waals surface area contributed by atoms with E-state index in [0.29, 0.717) is 12.5 Å². The lowest BCUT2D eigenvalue weighted by Gasteiger charge is -2.20. The van der Waals surface area contributed by atoms with Gasteiger partial charge < -0.3 is 10.6 Å². The van der Waals surface area contributed by atoms with E-state index in [4.69, 9.17) is 0 Å². The van der Waals surface area contributed by atoms with Crippen LogP contribution in [0.3, 0.4) is 0 Å². The van der Waals surface area contributed by atoms with E-state index in [2.05, 4.69) is 54.8 Å². The van der Waals surface area contributed by atoms with Gasteiger partial charge in [-0.05, 0) is 28.2 Å². The molecule has 0 aliphatic carbocycles. The van der Waals surface area contributed by atoms with Gasteiger partial charge in [0, 0.05) is 25.4 Å². The smallest absolute Gasteiger partial charge is 0.233 e. The van der Waals surface area contributed by atoms with Crippen molar-refractivity contribution in [2.24, 2.45) is 5.92 Å². The highest BCUT2D eigenvalue weighted by Crippen LogP contribution is 2.24. The number of rotatable bonds is 7. The maximum atomic E-state index is 12.7. The molecule has 1 atom stereocenters. The predicted molar refractivity (Wildman–Crippen MR) is 112 cm³/mol. The summed E-state index contributed by atoms with van der Waals surface area (Å²) in [7, 11) is 0. The molecule has 2 aromatic carbocycles. The fourth-order valence-corrected chi connectivity index (χ4v) is 4.26. The van der Waals surface area contributed by atoms with Crippen molar-refractivity contribution in [2.75, 3.05) is 0 Å². The third-order valence-electron chi connectivity index (χ3n) is 4.50. The number of carbonyl (C=O) groups is 1. The first kappa shape index (κ1) is 20.8. The third kappa shape index (κ3) is 5.50. The van der Waals surface area contributed by atoms with Crippen LogP contribution in [0.2, 0.25) is 0 Å². The quantitative estimate of drug-likeness (QED) is 0.741. The molecule has 0 spiro atoms. The standard InChI is InChI=1S/C21H26N2OS.ClH/c1-15(2)20(25-14-16-6-4-3-5-7-16)21(24)23-11-17-8-9-18-12-22-13-19(18)10-17;/h3-10,15,20,22H,11-14H2,1-2H3,(H,23,24);1H. The van der Waals surface area contributed by atoms with E-state index < -0.39 is 0 Å². The van der Waals surface area contributed by atoms with Crippen molar-refractivity contribution < 1.29 is 4.79 Å². The van der Waals surface area contributed by atoms with Gasteiger partial charge in [-0.25, -0.2) is 0 Å². The van der Waals surface area contributed by atoms with Crippen molar-refractivity contribution in [2.45, 2.75) is 44.5 Å². The third-order valence-corrected chi connectivity index (χ3v) is 6.12. The van der Waals surface area contributed by atoms with E-state index in [9.17, 15) is 4.79 Å². The van der Waals surface area contributed by atoms with E-state index in [-0.39, 0.29) is 23.6 Å². The number of hydrogen-bond donors (Lipinski definition) is 2. The average Bonchev–Trinajstić information content (AvgIpc) is 3.08. The number of carbonyl (C=O) groups excluding carboxylic acids is 1. The predicted octanol–water partition coefficient (Wildman–Crippen LogP) is 4.29. The van der Waals surface area contributed by atoms with Gasteiger partial charge in [0.05, 0.1) is 5.25 Å². The zero-order valence-corrected chi connectivity index (χ0v) is 17.0. The van der Waals surface area contributed by atoms with E-state index in [1.54, 1.807) is 11.8 Å². The van der Waals surface area contributed by atoms with Gasteiger partial charge in [-0.2, -0.15) is 0 Å². The molecule has 0 saturated heterocycles. The monoisotopic (exact) mass is 390 g/mol. The van der Waals surface area contributed by atoms with Crippen LogP contribution in [0.25, 0.3) is 0 Å². The first-order valence-corrected chi connectivity index (χ1v) is 9.93. The second-order valence-electron chi connectivity index (χ2n) is 6.89. The Bertz CT molecular complexity index is 721. The van der Waals surface area contributed by atoms with Gasteiger partial charge in [0.1, 0.15) is 0 Å². The van der Waals surface area contributed by atoms with Crippen molar-refractivity contribution >= 4 is 30.1 Å². The molecule has 1 unspecified atom stereocenters. The molecule has 1 amide bonds. The van der Waals surface area contributed by atoms with E-state index in [0.717, 1.165) is 18.8 Å². The highest BCUT2D eigenvalue weighted by atomic mass is 35.5. The number of hydrogen-bond acceptors (Lipinski definition) is 3. The van der Waals surface area contributed by atoms with Crippen LogP contribution in [0, 0.1) is 5.92 Å². The van der Waals surface area contributed by atoms with Crippen LogP contribution in [-0.2, 0) is 30.2 Å². The Balaban J connectivity index is 0.00000243. The molecule has 3 nitrogen and oxygen atoms in total. The Morgan fingerprint density at radius 2 is 1.81 bits per heavy atom. The zero-order chi connectivity index (χ0) is 17.6. The van der Waals surface area contributed by atoms with Crippen LogP contribution < -0.4 is 10.6 Å². The lowest BCUT2D eigenvalue weighted by atomic mass is 10.1. The van der Waals surface area contributed by atoms with Crippen LogP contribution >= 0.6 is 24.2 Å². The summed E-state index contributed by atoms with van der Waals surface area (Å²) < 4.78 is 0. The molecule has 1 heterocycles. The van der Waals surface area contributed by atoms with E-state index >= 15 is 0 Å². The number of amides is 1. The second kappa shape index (κ2) is 10.0. The van der Waals surface area contributed by atoms with Crippen LogP contribution in [0.15, 0.2) is 48.5 Å². The van der Waals surface area contributed by atoms with Crippen molar-refractivity contribution in [3.8, 4) is 0 Å². The van der Waals surface area contributed by atoms with E-state index in [1.165, 1.54) is 22.3 Å². The van der Waals surface area contributed by atoms with Gasteiger partial charge in [-0.3, -0.25) is 4.79 Å². The Kier molecular flexibility index (Phi) is 8.01. The van der Waals surface area contributed by atoms with Crippen molar-refractivity contribution in [3.63, 3.8) is 0 Å². The minimum absolute atomic E-state index is 0. The first-order chi connectivity index (χ1) is 12.1. The molecule has 5 heteroatoms. The fraction of sp³-hybridized carbons (Fsp3) is 0.381. The lowest BCUT2D eigenvalue weighted by Crippen LogP contribution is -2.35. The number of thioether (sulfide) groups is 1. The van der Waals surface area contributed by atoms with Crippen molar-refractivity contribution in [3.05, 3.63) is 70.8 Å². The van der Waals surface area contributed by atoms with Gasteiger partial charge >= 0.3 is 0 Å². The first-order valence-electron chi connectivity index (χ1n) is 8.88. The molecule has 3 rings (SSSR count). The molecule has 0 radical (unpaired) electrons. The van der Waals surface area contributed by atoms with Crippen LogP contribution in [0.1, 0.15) is 36.1 Å². The van der Waals surface area contributed by atoms with E-state index in [1.807, 2.05) is 18.2 Å². The maximum absolute atomic E-state index is 12.7. The summed E-state index contributed by atoms with van der Waals surface area (Å²) in [6.07, 6.45) is 0. The van der Waals surface area contributed by atoms with Gasteiger partial charge in [0.25, 0.3) is 0 Å². The minimum Gasteiger partial charge on any atom is -0.351 e. The van der Waals surface area contributed by atoms with Gasteiger partial charge in [0.15, 0.2) is 0 Å². The minimum atomic E-state index is -0.0312. The van der Waals surface area contributed by atoms with Gasteiger partial charge in [-0.15, -0.1) is 24.2 Å². The maximum Gasteiger partial charge on any atom is 0.233 e. The second-order valence-corrected chi connectivity index (χ2v) is 8.02. The highest BCUT2D eigenvalue weighted by molar-refractivity contribution is 7.99. The van der Waals surface area contributed by atoms with Crippen LogP contribution in [0.5, 0.6) is 0 Å². The number of nitrogens with one attached hydrogen (secondary N) is 2. The molecule has 0 fully saturated rings. The lowest BCUT2D eigenvalue weighted by molar-refractivity contribution is -0.121. The molecule has 0 saturated carbocycles. The Morgan fingerprint density at radius 3 is 2.54 bits per heavy atom. The van der Waals surface area contributed by atoms with Gasteiger partial charge in [-0.1, -0.05) is 62.4 Å². The molecule has 140 valence electrons. The number of halogens is 1. The largest absolute Gasteiger partial charge is 0.351 e. The average molecular weight is 391 g/mol. The highest BCUT2D eigenvalue weighted by Gasteiger charge is 2.22. The summed E-state index contributed by atoms with van der Waals surface area (Å²) in [6.45, 7) is 6.71. The summed E-state index contributed by atoms with van der Waals surface area (Å²) >= 11 is 1.72. The molecule has 2 aromatic rings. The summed E-state index contributed by atoms with van der Waals surface area (Å²) in [5.74, 6) is 1.30. The van der Waals surface area contributed by atoms with Crippen LogP contribution in [-0.4, -0.2) is 11.2 Å². The summed E-state index contributed by atoms with van der Waals surface area (Å²) in [5.41, 5.74) is 5.16. The van der Waals surface area contributed by atoms with Crippen molar-refractivity contribution in [1.29, 1.82) is 0 Å². The fourth-order valence-electron chi connectivity index (χ4n) is 3.08. The summed E-state index contributed by atoms with van der Waals surface area (Å²) in [6, 6.07) is 16.8. The zero-order valence-electron chi connectivity index (χ0n) is 15.3. The molecule has 2 N–H and O–H groups in total. The molecule has 1 aliphatic heterocycles. The molecule has 0 aromatic heterocycles. The van der Waals surface area contributed by atoms with Crippen molar-refractivity contribution in [1.82, 2.24) is 10.6 Å². The normalized spacial score (nSPS) is 13.8. The summed E-state index contributed by atoms with van der Waals surface area (Å²) in [5, 5.41) is 6.45. The topological polar surface area (TPSA) is 41.1 Å². The Labute approximate surface area is 166 Å². The number of fused-ring (bicyclic) bond motifs is 1. The molecular weight excluding hydrogens is 364 g/mol.